The van der Waals surface area contributed by atoms with E-state index in [1.165, 1.54) is 4.70 Å². The predicted octanol–water partition coefficient (Wildman–Crippen LogP) is 1.14. The van der Waals surface area contributed by atoms with E-state index < -0.39 is 0 Å². The van der Waals surface area contributed by atoms with E-state index in [9.17, 15) is 0 Å². The first-order valence-electron chi connectivity index (χ1n) is 11.8. The van der Waals surface area contributed by atoms with E-state index in [0.29, 0.717) is 26.3 Å². The highest BCUT2D eigenvalue weighted by atomic mass is 32.1. The quantitative estimate of drug-likeness (QED) is 0.316. The summed E-state index contributed by atoms with van der Waals surface area (Å²) in [5.74, 6) is 2.06. The van der Waals surface area contributed by atoms with Crippen molar-refractivity contribution in [1.82, 2.24) is 0 Å². The second-order valence-corrected chi connectivity index (χ2v) is 9.28. The summed E-state index contributed by atoms with van der Waals surface area (Å²) in [5, 5.41) is 2.16. The fourth-order valence-corrected chi connectivity index (χ4v) is 5.07. The molecule has 7 heteroatoms. The van der Waals surface area contributed by atoms with Crippen LogP contribution in [0.15, 0.2) is 90.9 Å². The Kier molecular flexibility index (Phi) is 9.12. The number of rotatable bonds is 11. The second-order valence-electron chi connectivity index (χ2n) is 8.19. The minimum atomic E-state index is -0.165. The van der Waals surface area contributed by atoms with Crippen LogP contribution in [-0.4, -0.2) is 40.1 Å². The van der Waals surface area contributed by atoms with E-state index in [4.69, 9.17) is 20.8 Å². The van der Waals surface area contributed by atoms with Gasteiger partial charge in [0.05, 0.1) is 0 Å². The number of hydrogen-bond acceptors (Lipinski definition) is 5. The molecule has 1 aromatic heterocycles. The average molecular weight is 480 g/mol. The molecule has 1 heterocycles. The Morgan fingerprint density at radius 2 is 1.46 bits per heavy atom. The summed E-state index contributed by atoms with van der Waals surface area (Å²) in [6.45, 7) is 6.05. The van der Waals surface area contributed by atoms with Gasteiger partial charge in [0.25, 0.3) is 0 Å². The highest BCUT2D eigenvalue weighted by Gasteiger charge is 2.21. The van der Waals surface area contributed by atoms with E-state index in [-0.39, 0.29) is 13.8 Å². The summed E-state index contributed by atoms with van der Waals surface area (Å²) in [6, 6.07) is 26.9. The van der Waals surface area contributed by atoms with Gasteiger partial charge in [-0.15, -0.1) is 11.3 Å². The first-order valence-corrected chi connectivity index (χ1v) is 12.7. The van der Waals surface area contributed by atoms with Gasteiger partial charge >= 0.3 is 13.8 Å². The fraction of sp³-hybridized carbons (Fsp3) is 0.143. The standard InChI is InChI=1S/C28H30B2N2O2S/c1-22-26-21-25(30(34-20-18-32)24-11-6-3-7-12-24)14-15-28(26)35-27(22)13-8-16-29(33-19-17-31)23-9-4-2-5-10-23/h2-16,21H,1,17-20,31-32H2/b16-8+,27-13+. The first-order chi connectivity index (χ1) is 17.2. The van der Waals surface area contributed by atoms with Crippen LogP contribution in [0.3, 0.4) is 0 Å². The van der Waals surface area contributed by atoms with Gasteiger partial charge in [-0.3, -0.25) is 0 Å². The summed E-state index contributed by atoms with van der Waals surface area (Å²) in [6.07, 6.45) is 4.15. The molecule has 4 rings (SSSR count). The summed E-state index contributed by atoms with van der Waals surface area (Å²) in [7, 11) is 0. The summed E-state index contributed by atoms with van der Waals surface area (Å²) in [5.41, 5.74) is 14.7. The molecule has 4 nitrogen and oxygen atoms in total. The number of nitrogens with two attached hydrogens (primary N) is 2. The maximum atomic E-state index is 6.14. The first kappa shape index (κ1) is 25.2. The third kappa shape index (κ3) is 6.40. The van der Waals surface area contributed by atoms with Crippen LogP contribution in [0.25, 0.3) is 22.7 Å². The number of fused-ring (bicyclic) bond motifs is 1. The maximum absolute atomic E-state index is 6.14. The average Bonchev–Trinajstić information content (AvgIpc) is 3.22. The molecule has 4 N–H and O–H groups in total. The molecule has 0 atom stereocenters. The van der Waals surface area contributed by atoms with Crippen LogP contribution < -0.4 is 37.6 Å². The topological polar surface area (TPSA) is 70.5 Å². The lowest BCUT2D eigenvalue weighted by molar-refractivity contribution is 0.344. The van der Waals surface area contributed by atoms with Gasteiger partial charge in [0.1, 0.15) is 0 Å². The number of allylic oxidation sites excluding steroid dienone is 1. The van der Waals surface area contributed by atoms with Gasteiger partial charge in [0, 0.05) is 35.5 Å². The Balaban J connectivity index is 1.64. The molecule has 176 valence electrons. The SMILES string of the molecule is C=c1/c(=C\C=C\B(OCCN)c2ccccc2)sc2ccc(B(OCCN)c3ccccc3)cc12. The highest BCUT2D eigenvalue weighted by Crippen LogP contribution is 2.12. The van der Waals surface area contributed by atoms with Crippen molar-refractivity contribution in [1.29, 1.82) is 0 Å². The Morgan fingerprint density at radius 1 is 0.800 bits per heavy atom. The van der Waals surface area contributed by atoms with Gasteiger partial charge in [-0.1, -0.05) is 91.4 Å². The molecular formula is C28H30B2N2O2S. The molecule has 0 bridgehead atoms. The van der Waals surface area contributed by atoms with Crippen LogP contribution in [0, 0.1) is 0 Å². The van der Waals surface area contributed by atoms with Crippen LogP contribution in [-0.2, 0) is 9.31 Å². The van der Waals surface area contributed by atoms with E-state index in [0.717, 1.165) is 31.5 Å². The zero-order valence-electron chi connectivity index (χ0n) is 19.8. The van der Waals surface area contributed by atoms with Crippen LogP contribution >= 0.6 is 11.3 Å². The second kappa shape index (κ2) is 12.7. The molecule has 0 aliphatic rings. The third-order valence-corrected chi connectivity index (χ3v) is 6.91. The molecule has 35 heavy (non-hydrogen) atoms. The van der Waals surface area contributed by atoms with Gasteiger partial charge in [-0.25, -0.2) is 0 Å². The van der Waals surface area contributed by atoms with Gasteiger partial charge in [0.15, 0.2) is 0 Å². The van der Waals surface area contributed by atoms with Crippen molar-refractivity contribution < 1.29 is 9.31 Å². The van der Waals surface area contributed by atoms with Crippen LogP contribution in [0.1, 0.15) is 0 Å². The molecule has 0 unspecified atom stereocenters. The van der Waals surface area contributed by atoms with E-state index >= 15 is 0 Å². The lowest BCUT2D eigenvalue weighted by atomic mass is 9.55. The van der Waals surface area contributed by atoms with Gasteiger partial charge < -0.3 is 20.8 Å². The van der Waals surface area contributed by atoms with Crippen LogP contribution in [0.2, 0.25) is 0 Å². The minimum absolute atomic E-state index is 0.142. The van der Waals surface area contributed by atoms with Crippen LogP contribution in [0.5, 0.6) is 0 Å². The summed E-state index contributed by atoms with van der Waals surface area (Å²) < 4.78 is 14.4. The van der Waals surface area contributed by atoms with Crippen molar-refractivity contribution in [2.45, 2.75) is 0 Å². The molecule has 0 spiro atoms. The van der Waals surface area contributed by atoms with E-state index in [2.05, 4.69) is 61.1 Å². The zero-order chi connectivity index (χ0) is 24.5. The van der Waals surface area contributed by atoms with Gasteiger partial charge in [0.2, 0.25) is 0 Å². The minimum Gasteiger partial charge on any atom is -0.426 e. The smallest absolute Gasteiger partial charge is 0.361 e. The molecule has 0 saturated heterocycles. The summed E-state index contributed by atoms with van der Waals surface area (Å²) in [4.78, 5) is 0. The monoisotopic (exact) mass is 480 g/mol. The van der Waals surface area contributed by atoms with Crippen molar-refractivity contribution >= 4 is 64.3 Å². The lowest BCUT2D eigenvalue weighted by Gasteiger charge is -2.15. The normalized spacial score (nSPS) is 12.0. The van der Waals surface area contributed by atoms with E-state index in [1.807, 2.05) is 42.5 Å². The van der Waals surface area contributed by atoms with Gasteiger partial charge in [-0.05, 0) is 39.1 Å². The number of thiophene rings is 1. The van der Waals surface area contributed by atoms with Crippen LogP contribution in [0.4, 0.5) is 0 Å². The highest BCUT2D eigenvalue weighted by molar-refractivity contribution is 7.17. The molecule has 0 saturated carbocycles. The largest absolute Gasteiger partial charge is 0.426 e. The molecule has 0 radical (unpaired) electrons. The fourth-order valence-electron chi connectivity index (χ4n) is 4.03. The van der Waals surface area contributed by atoms with Gasteiger partial charge in [-0.2, -0.15) is 0 Å². The Hall–Kier alpha value is -2.93. The van der Waals surface area contributed by atoms with Crippen molar-refractivity contribution in [2.24, 2.45) is 11.5 Å². The molecule has 0 fully saturated rings. The van der Waals surface area contributed by atoms with Crippen molar-refractivity contribution in [3.63, 3.8) is 0 Å². The van der Waals surface area contributed by atoms with E-state index in [1.54, 1.807) is 11.3 Å². The number of benzene rings is 3. The predicted molar refractivity (Wildman–Crippen MR) is 154 cm³/mol. The summed E-state index contributed by atoms with van der Waals surface area (Å²) >= 11 is 1.73. The molecule has 0 aliphatic heterocycles. The molecule has 4 aromatic rings. The molecule has 3 aromatic carbocycles. The third-order valence-electron chi connectivity index (χ3n) is 5.73. The Morgan fingerprint density at radius 3 is 2.14 bits per heavy atom. The molecular weight excluding hydrogens is 450 g/mol. The molecule has 0 aliphatic carbocycles. The molecule has 0 amide bonds. The lowest BCUT2D eigenvalue weighted by Crippen LogP contribution is -2.45. The van der Waals surface area contributed by atoms with Crippen molar-refractivity contribution in [3.8, 4) is 0 Å². The zero-order valence-corrected chi connectivity index (χ0v) is 20.6. The van der Waals surface area contributed by atoms with Crippen molar-refractivity contribution in [2.75, 3.05) is 26.3 Å². The Labute approximate surface area is 211 Å². The van der Waals surface area contributed by atoms with Crippen molar-refractivity contribution in [3.05, 3.63) is 101 Å². The maximum Gasteiger partial charge on any atom is 0.361 e. The Bertz CT molecular complexity index is 1360. The number of hydrogen-bond donors (Lipinski definition) is 2.